The predicted molar refractivity (Wildman–Crippen MR) is 88.6 cm³/mol. The number of benzene rings is 2. The van der Waals surface area contributed by atoms with Crippen LogP contribution in [0.1, 0.15) is 16.7 Å². The van der Waals surface area contributed by atoms with Crippen molar-refractivity contribution in [2.24, 2.45) is 0 Å². The molecule has 0 N–H and O–H groups in total. The third-order valence-electron chi connectivity index (χ3n) is 4.26. The Balaban J connectivity index is 1.54. The molecule has 2 heterocycles. The van der Waals surface area contributed by atoms with E-state index >= 15 is 0 Å². The number of aromatic nitrogens is 2. The Hall–Kier alpha value is -2.44. The lowest BCUT2D eigenvalue weighted by Crippen LogP contribution is -2.26. The van der Waals surface area contributed by atoms with Crippen LogP contribution >= 0.6 is 0 Å². The third kappa shape index (κ3) is 3.11. The van der Waals surface area contributed by atoms with Gasteiger partial charge in [0.2, 0.25) is 0 Å². The van der Waals surface area contributed by atoms with Gasteiger partial charge in [0, 0.05) is 12.1 Å². The van der Waals surface area contributed by atoms with E-state index in [9.17, 15) is 0 Å². The van der Waals surface area contributed by atoms with E-state index < -0.39 is 0 Å². The maximum absolute atomic E-state index is 6.09. The van der Waals surface area contributed by atoms with Gasteiger partial charge in [-0.05, 0) is 53.1 Å². The van der Waals surface area contributed by atoms with Crippen molar-refractivity contribution in [3.05, 3.63) is 53.1 Å². The largest absolute Gasteiger partial charge is 0.489 e. The van der Waals surface area contributed by atoms with Gasteiger partial charge in [0.05, 0.1) is 13.3 Å². The summed E-state index contributed by atoms with van der Waals surface area (Å²) in [6.45, 7) is 2.71. The molecule has 0 amide bonds. The molecule has 0 fully saturated rings. The molecule has 124 valence electrons. The Morgan fingerprint density at radius 1 is 1.17 bits per heavy atom. The fourth-order valence-electron chi connectivity index (χ4n) is 2.92. The summed E-state index contributed by atoms with van der Waals surface area (Å²) < 4.78 is 16.5. The van der Waals surface area contributed by atoms with E-state index in [2.05, 4.69) is 28.3 Å². The van der Waals surface area contributed by atoms with Crippen molar-refractivity contribution in [3.8, 4) is 5.75 Å². The Kier molecular flexibility index (Phi) is 4.15. The number of rotatable bonds is 3. The highest BCUT2D eigenvalue weighted by Crippen LogP contribution is 2.26. The van der Waals surface area contributed by atoms with Crippen molar-refractivity contribution < 1.29 is 14.1 Å². The van der Waals surface area contributed by atoms with Gasteiger partial charge in [-0.2, -0.15) is 0 Å². The zero-order valence-corrected chi connectivity index (χ0v) is 13.6. The molecule has 3 aromatic rings. The van der Waals surface area contributed by atoms with E-state index in [1.807, 2.05) is 30.3 Å². The average Bonchev–Trinajstić information content (AvgIpc) is 3.04. The van der Waals surface area contributed by atoms with Crippen LogP contribution in [0.5, 0.6) is 5.75 Å². The monoisotopic (exact) mass is 325 g/mol. The number of fused-ring (bicyclic) bond motifs is 2. The summed E-state index contributed by atoms with van der Waals surface area (Å²) in [5.41, 5.74) is 4.97. The summed E-state index contributed by atoms with van der Waals surface area (Å²) in [4.78, 5) is 2.17. The van der Waals surface area contributed by atoms with Crippen molar-refractivity contribution in [1.82, 2.24) is 15.2 Å². The number of hydrogen-bond donors (Lipinski definition) is 0. The first-order valence-electron chi connectivity index (χ1n) is 8.00. The summed E-state index contributed by atoms with van der Waals surface area (Å²) in [6.07, 6.45) is 0.956. The van der Waals surface area contributed by atoms with Crippen LogP contribution in [-0.4, -0.2) is 35.5 Å². The second-order valence-corrected chi connectivity index (χ2v) is 6.08. The van der Waals surface area contributed by atoms with Gasteiger partial charge in [-0.15, -0.1) is 0 Å². The second-order valence-electron chi connectivity index (χ2n) is 6.08. The van der Waals surface area contributed by atoms with Crippen molar-refractivity contribution in [1.29, 1.82) is 0 Å². The Morgan fingerprint density at radius 3 is 3.04 bits per heavy atom. The van der Waals surface area contributed by atoms with Gasteiger partial charge < -0.3 is 9.47 Å². The molecule has 6 heteroatoms. The molecular formula is C18H19N3O3. The maximum atomic E-state index is 6.09. The lowest BCUT2D eigenvalue weighted by atomic mass is 10.0. The number of nitrogens with zero attached hydrogens (tertiary/aromatic N) is 3. The topological polar surface area (TPSA) is 60.6 Å². The van der Waals surface area contributed by atoms with E-state index in [0.29, 0.717) is 19.9 Å². The predicted octanol–water partition coefficient (Wildman–Crippen LogP) is 2.76. The molecular weight excluding hydrogens is 306 g/mol. The van der Waals surface area contributed by atoms with Crippen LogP contribution in [0.3, 0.4) is 0 Å². The minimum Gasteiger partial charge on any atom is -0.489 e. The summed E-state index contributed by atoms with van der Waals surface area (Å²) in [6, 6.07) is 12.0. The number of hydrogen-bond acceptors (Lipinski definition) is 6. The summed E-state index contributed by atoms with van der Waals surface area (Å²) in [5.74, 6) is 0.921. The SMILES string of the molecule is CN1CCc2c(cccc2OCc2ccc3nonc3c2)COC1. The lowest BCUT2D eigenvalue weighted by molar-refractivity contribution is 0.0277. The molecule has 0 unspecified atom stereocenters. The molecule has 0 bridgehead atoms. The first-order chi connectivity index (χ1) is 11.8. The first kappa shape index (κ1) is 15.1. The molecule has 0 spiro atoms. The summed E-state index contributed by atoms with van der Waals surface area (Å²) in [7, 11) is 2.07. The van der Waals surface area contributed by atoms with Crippen LogP contribution in [-0.2, 0) is 24.4 Å². The van der Waals surface area contributed by atoms with Gasteiger partial charge in [-0.3, -0.25) is 4.90 Å². The first-order valence-corrected chi connectivity index (χ1v) is 8.00. The molecule has 0 aliphatic carbocycles. The molecule has 0 saturated carbocycles. The van der Waals surface area contributed by atoms with Crippen LogP contribution in [0.4, 0.5) is 0 Å². The molecule has 4 rings (SSSR count). The molecule has 1 aliphatic heterocycles. The van der Waals surface area contributed by atoms with Gasteiger partial charge in [0.15, 0.2) is 0 Å². The van der Waals surface area contributed by atoms with Crippen LogP contribution in [0, 0.1) is 0 Å². The number of ether oxygens (including phenoxy) is 2. The lowest BCUT2D eigenvalue weighted by Gasteiger charge is -2.23. The highest BCUT2D eigenvalue weighted by Gasteiger charge is 2.14. The quantitative estimate of drug-likeness (QED) is 0.738. The van der Waals surface area contributed by atoms with Crippen molar-refractivity contribution in [2.75, 3.05) is 20.3 Å². The van der Waals surface area contributed by atoms with E-state index in [4.69, 9.17) is 14.1 Å². The summed E-state index contributed by atoms with van der Waals surface area (Å²) >= 11 is 0. The Morgan fingerprint density at radius 2 is 2.08 bits per heavy atom. The van der Waals surface area contributed by atoms with E-state index in [0.717, 1.165) is 35.3 Å². The maximum Gasteiger partial charge on any atom is 0.135 e. The fraction of sp³-hybridized carbons (Fsp3) is 0.333. The van der Waals surface area contributed by atoms with E-state index in [-0.39, 0.29) is 0 Å². The molecule has 0 atom stereocenters. The van der Waals surface area contributed by atoms with E-state index in [1.165, 1.54) is 11.1 Å². The minimum atomic E-state index is 0.482. The van der Waals surface area contributed by atoms with Crippen molar-refractivity contribution in [3.63, 3.8) is 0 Å². The van der Waals surface area contributed by atoms with Gasteiger partial charge in [-0.25, -0.2) is 4.63 Å². The molecule has 1 aliphatic rings. The van der Waals surface area contributed by atoms with Crippen molar-refractivity contribution in [2.45, 2.75) is 19.6 Å². The van der Waals surface area contributed by atoms with Crippen LogP contribution in [0.25, 0.3) is 11.0 Å². The second kappa shape index (κ2) is 6.59. The Labute approximate surface area is 139 Å². The molecule has 1 aromatic heterocycles. The van der Waals surface area contributed by atoms with Crippen LogP contribution < -0.4 is 4.74 Å². The normalized spacial score (nSPS) is 15.7. The van der Waals surface area contributed by atoms with Gasteiger partial charge in [0.25, 0.3) is 0 Å². The van der Waals surface area contributed by atoms with Gasteiger partial charge in [0.1, 0.15) is 23.4 Å². The van der Waals surface area contributed by atoms with Gasteiger partial charge in [-0.1, -0.05) is 18.2 Å². The summed E-state index contributed by atoms with van der Waals surface area (Å²) in [5, 5.41) is 7.69. The standard InChI is InChI=1S/C18H19N3O3/c1-21-8-7-15-14(11-22-12-21)3-2-4-18(15)23-10-13-5-6-16-17(9-13)20-24-19-16/h2-6,9H,7-8,10-12H2,1H3. The molecule has 2 aromatic carbocycles. The third-order valence-corrected chi connectivity index (χ3v) is 4.26. The van der Waals surface area contributed by atoms with Crippen LogP contribution in [0.2, 0.25) is 0 Å². The van der Waals surface area contributed by atoms with Crippen LogP contribution in [0.15, 0.2) is 41.0 Å². The minimum absolute atomic E-state index is 0.482. The molecule has 0 saturated heterocycles. The zero-order valence-electron chi connectivity index (χ0n) is 13.6. The Bertz CT molecular complexity index is 846. The molecule has 0 radical (unpaired) electrons. The number of likely N-dealkylation sites (N-methyl/N-ethyl adjacent to an activating group) is 1. The fourth-order valence-corrected chi connectivity index (χ4v) is 2.92. The molecule has 24 heavy (non-hydrogen) atoms. The smallest absolute Gasteiger partial charge is 0.135 e. The highest BCUT2D eigenvalue weighted by molar-refractivity contribution is 5.73. The van der Waals surface area contributed by atoms with Crippen molar-refractivity contribution >= 4 is 11.0 Å². The highest BCUT2D eigenvalue weighted by atomic mass is 16.6. The average molecular weight is 325 g/mol. The zero-order chi connectivity index (χ0) is 16.4. The van der Waals surface area contributed by atoms with E-state index in [1.54, 1.807) is 0 Å². The molecule has 6 nitrogen and oxygen atoms in total. The van der Waals surface area contributed by atoms with Gasteiger partial charge >= 0.3 is 0 Å².